The summed E-state index contributed by atoms with van der Waals surface area (Å²) in [4.78, 5) is 8.66. The fourth-order valence-corrected chi connectivity index (χ4v) is 1.95. The van der Waals surface area contributed by atoms with Gasteiger partial charge >= 0.3 is 0 Å². The number of rotatable bonds is 5. The van der Waals surface area contributed by atoms with Gasteiger partial charge in [-0.3, -0.25) is 4.68 Å². The highest BCUT2D eigenvalue weighted by molar-refractivity contribution is 5.45. The summed E-state index contributed by atoms with van der Waals surface area (Å²) in [7, 11) is 1.92. The van der Waals surface area contributed by atoms with Gasteiger partial charge in [-0.05, 0) is 13.3 Å². The van der Waals surface area contributed by atoms with Crippen molar-refractivity contribution >= 4 is 11.6 Å². The smallest absolute Gasteiger partial charge is 0.133 e. The van der Waals surface area contributed by atoms with E-state index < -0.39 is 0 Å². The molecule has 0 aromatic carbocycles. The van der Waals surface area contributed by atoms with Crippen LogP contribution in [-0.2, 0) is 20.0 Å². The van der Waals surface area contributed by atoms with E-state index in [1.807, 2.05) is 24.9 Å². The van der Waals surface area contributed by atoms with Gasteiger partial charge in [0.05, 0.1) is 5.69 Å². The van der Waals surface area contributed by atoms with E-state index >= 15 is 0 Å². The quantitative estimate of drug-likeness (QED) is 0.854. The molecular weight excluding hydrogens is 240 g/mol. The molecule has 0 bridgehead atoms. The highest BCUT2D eigenvalue weighted by atomic mass is 15.3. The van der Waals surface area contributed by atoms with Crippen LogP contribution < -0.4 is 11.1 Å². The maximum absolute atomic E-state index is 5.79. The Hall–Kier alpha value is -2.11. The normalized spacial score (nSPS) is 10.7. The van der Waals surface area contributed by atoms with E-state index in [-0.39, 0.29) is 0 Å². The van der Waals surface area contributed by atoms with Gasteiger partial charge in [-0.1, -0.05) is 6.92 Å². The Morgan fingerprint density at radius 1 is 1.37 bits per heavy atom. The lowest BCUT2D eigenvalue weighted by molar-refractivity contribution is 0.756. The van der Waals surface area contributed by atoms with E-state index in [4.69, 9.17) is 5.73 Å². The van der Waals surface area contributed by atoms with Crippen LogP contribution in [-0.4, -0.2) is 19.7 Å². The monoisotopic (exact) mass is 260 g/mol. The Labute approximate surface area is 113 Å². The van der Waals surface area contributed by atoms with Crippen molar-refractivity contribution in [1.82, 2.24) is 19.7 Å². The molecule has 0 fully saturated rings. The van der Waals surface area contributed by atoms with Crippen LogP contribution >= 0.6 is 0 Å². The van der Waals surface area contributed by atoms with Crippen molar-refractivity contribution in [2.45, 2.75) is 33.2 Å². The maximum atomic E-state index is 5.79. The lowest BCUT2D eigenvalue weighted by Gasteiger charge is -2.07. The second kappa shape index (κ2) is 5.69. The first kappa shape index (κ1) is 13.3. The summed E-state index contributed by atoms with van der Waals surface area (Å²) in [6.45, 7) is 4.77. The molecule has 0 amide bonds. The summed E-state index contributed by atoms with van der Waals surface area (Å²) in [6, 6.07) is 1.75. The molecule has 102 valence electrons. The fraction of sp³-hybridized carbons (Fsp3) is 0.462. The molecule has 3 N–H and O–H groups in total. The minimum atomic E-state index is 0.504. The molecule has 0 radical (unpaired) electrons. The Bertz CT molecular complexity index is 560. The molecule has 0 saturated carbocycles. The zero-order valence-electron chi connectivity index (χ0n) is 11.6. The van der Waals surface area contributed by atoms with Gasteiger partial charge in [0.25, 0.3) is 0 Å². The summed E-state index contributed by atoms with van der Waals surface area (Å²) in [5, 5.41) is 7.58. The SMILES string of the molecule is CCCc1nc(N)cc(NCc2cn(C)nc2C)n1. The first-order chi connectivity index (χ1) is 9.08. The second-order valence-electron chi connectivity index (χ2n) is 4.61. The number of hydrogen-bond acceptors (Lipinski definition) is 5. The van der Waals surface area contributed by atoms with Gasteiger partial charge < -0.3 is 11.1 Å². The Balaban J connectivity index is 2.08. The van der Waals surface area contributed by atoms with Crippen LogP contribution in [0.3, 0.4) is 0 Å². The lowest BCUT2D eigenvalue weighted by atomic mass is 10.2. The number of anilines is 2. The van der Waals surface area contributed by atoms with Crippen molar-refractivity contribution in [1.29, 1.82) is 0 Å². The van der Waals surface area contributed by atoms with E-state index in [0.29, 0.717) is 12.4 Å². The van der Waals surface area contributed by atoms with Crippen molar-refractivity contribution in [3.63, 3.8) is 0 Å². The van der Waals surface area contributed by atoms with Gasteiger partial charge in [0.1, 0.15) is 17.5 Å². The van der Waals surface area contributed by atoms with Crippen molar-refractivity contribution in [3.8, 4) is 0 Å². The van der Waals surface area contributed by atoms with Crippen LogP contribution in [0.15, 0.2) is 12.3 Å². The van der Waals surface area contributed by atoms with Crippen molar-refractivity contribution < 1.29 is 0 Å². The predicted octanol–water partition coefficient (Wildman–Crippen LogP) is 1.67. The average Bonchev–Trinajstić information content (AvgIpc) is 2.65. The maximum Gasteiger partial charge on any atom is 0.133 e. The van der Waals surface area contributed by atoms with Crippen molar-refractivity contribution in [3.05, 3.63) is 29.3 Å². The highest BCUT2D eigenvalue weighted by Gasteiger charge is 2.05. The minimum Gasteiger partial charge on any atom is -0.384 e. The number of hydrogen-bond donors (Lipinski definition) is 2. The summed E-state index contributed by atoms with van der Waals surface area (Å²) < 4.78 is 1.81. The molecule has 0 atom stereocenters. The van der Waals surface area contributed by atoms with E-state index in [2.05, 4.69) is 27.3 Å². The lowest BCUT2D eigenvalue weighted by Crippen LogP contribution is -2.06. The van der Waals surface area contributed by atoms with E-state index in [9.17, 15) is 0 Å². The number of aromatic nitrogens is 4. The molecule has 0 aliphatic rings. The molecule has 2 aromatic heterocycles. The Morgan fingerprint density at radius 3 is 2.79 bits per heavy atom. The molecular formula is C13H20N6. The number of aryl methyl sites for hydroxylation is 3. The van der Waals surface area contributed by atoms with Gasteiger partial charge in [0, 0.05) is 37.8 Å². The largest absolute Gasteiger partial charge is 0.384 e. The van der Waals surface area contributed by atoms with Gasteiger partial charge in [-0.2, -0.15) is 5.10 Å². The van der Waals surface area contributed by atoms with Gasteiger partial charge in [0.2, 0.25) is 0 Å². The number of nitrogens with one attached hydrogen (secondary N) is 1. The molecule has 2 aromatic rings. The van der Waals surface area contributed by atoms with Crippen LogP contribution in [0.5, 0.6) is 0 Å². The van der Waals surface area contributed by atoms with E-state index in [1.54, 1.807) is 6.07 Å². The topological polar surface area (TPSA) is 81.6 Å². The molecule has 0 spiro atoms. The number of nitrogens with zero attached hydrogens (tertiary/aromatic N) is 4. The summed E-state index contributed by atoms with van der Waals surface area (Å²) in [5.41, 5.74) is 7.95. The van der Waals surface area contributed by atoms with Crippen LogP contribution in [0.25, 0.3) is 0 Å². The number of nitrogen functional groups attached to an aromatic ring is 1. The molecule has 0 aliphatic carbocycles. The second-order valence-corrected chi connectivity index (χ2v) is 4.61. The third-order valence-corrected chi connectivity index (χ3v) is 2.84. The molecule has 6 nitrogen and oxygen atoms in total. The van der Waals surface area contributed by atoms with Gasteiger partial charge in [-0.15, -0.1) is 0 Å². The standard InChI is InChI=1S/C13H20N6/c1-4-5-12-16-11(14)6-13(17-12)15-7-10-8-19(3)18-9(10)2/h6,8H,4-5,7H2,1-3H3,(H3,14,15,16,17). The first-order valence-electron chi connectivity index (χ1n) is 6.45. The molecule has 2 heterocycles. The van der Waals surface area contributed by atoms with E-state index in [1.165, 1.54) is 0 Å². The minimum absolute atomic E-state index is 0.504. The van der Waals surface area contributed by atoms with Crippen LogP contribution in [0.2, 0.25) is 0 Å². The van der Waals surface area contributed by atoms with Crippen LogP contribution in [0, 0.1) is 6.92 Å². The van der Waals surface area contributed by atoms with Crippen molar-refractivity contribution in [2.75, 3.05) is 11.1 Å². The summed E-state index contributed by atoms with van der Waals surface area (Å²) >= 11 is 0. The molecule has 2 rings (SSSR count). The van der Waals surface area contributed by atoms with Crippen LogP contribution in [0.4, 0.5) is 11.6 Å². The first-order valence-corrected chi connectivity index (χ1v) is 6.45. The third-order valence-electron chi connectivity index (χ3n) is 2.84. The Kier molecular flexibility index (Phi) is 3.99. The third kappa shape index (κ3) is 3.43. The average molecular weight is 260 g/mol. The molecule has 6 heteroatoms. The molecule has 19 heavy (non-hydrogen) atoms. The summed E-state index contributed by atoms with van der Waals surface area (Å²) in [6.07, 6.45) is 3.84. The predicted molar refractivity (Wildman–Crippen MR) is 75.7 cm³/mol. The van der Waals surface area contributed by atoms with Gasteiger partial charge in [0.15, 0.2) is 0 Å². The van der Waals surface area contributed by atoms with Crippen LogP contribution in [0.1, 0.15) is 30.4 Å². The zero-order chi connectivity index (χ0) is 13.8. The molecule has 0 aliphatic heterocycles. The van der Waals surface area contributed by atoms with E-state index in [0.717, 1.165) is 35.7 Å². The zero-order valence-corrected chi connectivity index (χ0v) is 11.6. The molecule has 0 unspecified atom stereocenters. The van der Waals surface area contributed by atoms with Crippen molar-refractivity contribution in [2.24, 2.45) is 7.05 Å². The fourth-order valence-electron chi connectivity index (χ4n) is 1.95. The highest BCUT2D eigenvalue weighted by Crippen LogP contribution is 2.12. The van der Waals surface area contributed by atoms with Gasteiger partial charge in [-0.25, -0.2) is 9.97 Å². The summed E-state index contributed by atoms with van der Waals surface area (Å²) in [5.74, 6) is 2.05. The molecule has 0 saturated heterocycles. The Morgan fingerprint density at radius 2 is 2.16 bits per heavy atom. The number of nitrogens with two attached hydrogens (primary N) is 1.